The summed E-state index contributed by atoms with van der Waals surface area (Å²) in [5, 5.41) is 4.65. The van der Waals surface area contributed by atoms with Gasteiger partial charge in [-0.1, -0.05) is 6.92 Å². The maximum Gasteiger partial charge on any atom is 0.267 e. The lowest BCUT2D eigenvalue weighted by Crippen LogP contribution is -2.09. The van der Waals surface area contributed by atoms with Crippen LogP contribution in [0.25, 0.3) is 11.3 Å². The number of nitrogens with zero attached hydrogens (tertiary/aromatic N) is 1. The van der Waals surface area contributed by atoms with Gasteiger partial charge in [0.15, 0.2) is 5.13 Å². The molecular formula is C17H14F2N2OS2. The molecule has 3 aromatic rings. The fraction of sp³-hybridized carbons (Fsp3) is 0.176. The predicted molar refractivity (Wildman–Crippen MR) is 93.9 cm³/mol. The summed E-state index contributed by atoms with van der Waals surface area (Å²) in [5.41, 5.74) is 1.52. The van der Waals surface area contributed by atoms with E-state index < -0.39 is 11.6 Å². The standard InChI is InChI=1S/C17H14F2N2OS2/c1-3-10-6-15(24-9(10)2)16(22)21-17-20-14(8-23-17)12-7-11(18)4-5-13(12)19/h4-8H,3H2,1-2H3,(H,20,21,22). The Morgan fingerprint density at radius 2 is 2.08 bits per heavy atom. The Bertz CT molecular complexity index is 902. The van der Waals surface area contributed by atoms with Crippen molar-refractivity contribution in [3.8, 4) is 11.3 Å². The molecule has 0 bridgehead atoms. The van der Waals surface area contributed by atoms with E-state index in [9.17, 15) is 13.6 Å². The molecule has 0 unspecified atom stereocenters. The number of halogens is 2. The number of thiazole rings is 1. The average molecular weight is 364 g/mol. The number of carbonyl (C=O) groups is 1. The van der Waals surface area contributed by atoms with E-state index in [0.29, 0.717) is 15.7 Å². The smallest absolute Gasteiger partial charge is 0.267 e. The molecule has 1 N–H and O–H groups in total. The minimum Gasteiger partial charge on any atom is -0.297 e. The van der Waals surface area contributed by atoms with Gasteiger partial charge in [-0.3, -0.25) is 10.1 Å². The van der Waals surface area contributed by atoms with E-state index in [2.05, 4.69) is 10.3 Å². The molecule has 0 aliphatic carbocycles. The zero-order chi connectivity index (χ0) is 17.3. The molecule has 24 heavy (non-hydrogen) atoms. The number of thiophene rings is 1. The van der Waals surface area contributed by atoms with Crippen molar-refractivity contribution in [3.05, 3.63) is 56.6 Å². The van der Waals surface area contributed by atoms with Crippen LogP contribution in [0.5, 0.6) is 0 Å². The number of rotatable bonds is 4. The molecule has 2 heterocycles. The number of hydrogen-bond acceptors (Lipinski definition) is 4. The van der Waals surface area contributed by atoms with Gasteiger partial charge in [0.2, 0.25) is 0 Å². The SMILES string of the molecule is CCc1cc(C(=O)Nc2nc(-c3cc(F)ccc3F)cs2)sc1C. The summed E-state index contributed by atoms with van der Waals surface area (Å²) in [6.45, 7) is 4.02. The summed E-state index contributed by atoms with van der Waals surface area (Å²) in [6, 6.07) is 5.07. The molecule has 0 spiro atoms. The minimum atomic E-state index is -0.555. The van der Waals surface area contributed by atoms with Gasteiger partial charge in [-0.25, -0.2) is 13.8 Å². The number of aromatic nitrogens is 1. The highest BCUT2D eigenvalue weighted by Crippen LogP contribution is 2.29. The molecule has 0 aliphatic heterocycles. The second kappa shape index (κ2) is 6.78. The van der Waals surface area contributed by atoms with Crippen molar-refractivity contribution in [2.24, 2.45) is 0 Å². The lowest BCUT2D eigenvalue weighted by atomic mass is 10.1. The number of anilines is 1. The number of hydrogen-bond donors (Lipinski definition) is 1. The zero-order valence-electron chi connectivity index (χ0n) is 13.0. The van der Waals surface area contributed by atoms with Crippen LogP contribution in [0.1, 0.15) is 27.0 Å². The molecule has 3 nitrogen and oxygen atoms in total. The fourth-order valence-electron chi connectivity index (χ4n) is 2.29. The van der Waals surface area contributed by atoms with Crippen LogP contribution in [-0.4, -0.2) is 10.9 Å². The molecule has 2 aromatic heterocycles. The van der Waals surface area contributed by atoms with Crippen molar-refractivity contribution in [1.29, 1.82) is 0 Å². The van der Waals surface area contributed by atoms with Crippen LogP contribution in [0.15, 0.2) is 29.6 Å². The first-order valence-corrected chi connectivity index (χ1v) is 8.99. The predicted octanol–water partition coefficient (Wildman–Crippen LogP) is 5.27. The number of benzene rings is 1. The van der Waals surface area contributed by atoms with Crippen LogP contribution in [-0.2, 0) is 6.42 Å². The van der Waals surface area contributed by atoms with Gasteiger partial charge in [0.25, 0.3) is 5.91 Å². The summed E-state index contributed by atoms with van der Waals surface area (Å²) in [5.74, 6) is -1.34. The zero-order valence-corrected chi connectivity index (χ0v) is 14.7. The van der Waals surface area contributed by atoms with Crippen LogP contribution in [0.2, 0.25) is 0 Å². The van der Waals surface area contributed by atoms with E-state index >= 15 is 0 Å². The monoisotopic (exact) mass is 364 g/mol. The van der Waals surface area contributed by atoms with Crippen molar-refractivity contribution in [2.75, 3.05) is 5.32 Å². The van der Waals surface area contributed by atoms with Crippen molar-refractivity contribution >= 4 is 33.7 Å². The highest BCUT2D eigenvalue weighted by Gasteiger charge is 2.15. The fourth-order valence-corrected chi connectivity index (χ4v) is 4.00. The lowest BCUT2D eigenvalue weighted by Gasteiger charge is -2.00. The van der Waals surface area contributed by atoms with E-state index in [-0.39, 0.29) is 11.5 Å². The maximum atomic E-state index is 13.8. The Kier molecular flexibility index (Phi) is 4.73. The Balaban J connectivity index is 1.80. The molecule has 0 saturated heterocycles. The van der Waals surface area contributed by atoms with Gasteiger partial charge in [-0.15, -0.1) is 22.7 Å². The van der Waals surface area contributed by atoms with Crippen LogP contribution in [0, 0.1) is 18.6 Å². The van der Waals surface area contributed by atoms with Crippen molar-refractivity contribution in [2.45, 2.75) is 20.3 Å². The largest absolute Gasteiger partial charge is 0.297 e. The third kappa shape index (κ3) is 3.37. The molecular weight excluding hydrogens is 350 g/mol. The Hall–Kier alpha value is -2.12. The van der Waals surface area contributed by atoms with Gasteiger partial charge in [-0.05, 0) is 43.2 Å². The van der Waals surface area contributed by atoms with Crippen LogP contribution >= 0.6 is 22.7 Å². The van der Waals surface area contributed by atoms with Crippen molar-refractivity contribution in [1.82, 2.24) is 4.98 Å². The highest BCUT2D eigenvalue weighted by atomic mass is 32.1. The molecule has 0 aliphatic rings. The molecule has 0 fully saturated rings. The summed E-state index contributed by atoms with van der Waals surface area (Å²) >= 11 is 2.60. The normalized spacial score (nSPS) is 10.8. The van der Waals surface area contributed by atoms with Gasteiger partial charge < -0.3 is 0 Å². The van der Waals surface area contributed by atoms with Gasteiger partial charge in [-0.2, -0.15) is 0 Å². The Morgan fingerprint density at radius 3 is 2.79 bits per heavy atom. The van der Waals surface area contributed by atoms with Gasteiger partial charge in [0, 0.05) is 15.8 Å². The number of carbonyl (C=O) groups excluding carboxylic acids is 1. The first-order chi connectivity index (χ1) is 11.5. The maximum absolute atomic E-state index is 13.8. The minimum absolute atomic E-state index is 0.0759. The molecule has 1 aromatic carbocycles. The van der Waals surface area contributed by atoms with E-state index in [1.54, 1.807) is 5.38 Å². The molecule has 0 saturated carbocycles. The first-order valence-electron chi connectivity index (χ1n) is 7.29. The molecule has 0 radical (unpaired) electrons. The molecule has 7 heteroatoms. The highest BCUT2D eigenvalue weighted by molar-refractivity contribution is 7.15. The Labute approximate surface area is 146 Å². The van der Waals surface area contributed by atoms with Crippen molar-refractivity contribution < 1.29 is 13.6 Å². The third-order valence-corrected chi connectivity index (χ3v) is 5.40. The van der Waals surface area contributed by atoms with Gasteiger partial charge in [0.05, 0.1) is 10.6 Å². The second-order valence-corrected chi connectivity index (χ2v) is 7.28. The third-order valence-electron chi connectivity index (χ3n) is 3.55. The quantitative estimate of drug-likeness (QED) is 0.685. The summed E-state index contributed by atoms with van der Waals surface area (Å²) < 4.78 is 27.1. The topological polar surface area (TPSA) is 42.0 Å². The number of nitrogens with one attached hydrogen (secondary N) is 1. The molecule has 1 amide bonds. The van der Waals surface area contributed by atoms with E-state index in [4.69, 9.17) is 0 Å². The van der Waals surface area contributed by atoms with E-state index in [1.807, 2.05) is 19.9 Å². The van der Waals surface area contributed by atoms with Crippen LogP contribution in [0.4, 0.5) is 13.9 Å². The summed E-state index contributed by atoms with van der Waals surface area (Å²) in [6.07, 6.45) is 0.871. The number of amides is 1. The molecule has 124 valence electrons. The molecule has 3 rings (SSSR count). The van der Waals surface area contributed by atoms with Gasteiger partial charge in [0.1, 0.15) is 11.6 Å². The Morgan fingerprint density at radius 1 is 1.29 bits per heavy atom. The average Bonchev–Trinajstić information content (AvgIpc) is 3.16. The first kappa shape index (κ1) is 16.7. The second-order valence-electron chi connectivity index (χ2n) is 5.16. The van der Waals surface area contributed by atoms with E-state index in [0.717, 1.165) is 35.1 Å². The lowest BCUT2D eigenvalue weighted by molar-refractivity contribution is 0.103. The summed E-state index contributed by atoms with van der Waals surface area (Å²) in [4.78, 5) is 18.2. The van der Waals surface area contributed by atoms with Crippen molar-refractivity contribution in [3.63, 3.8) is 0 Å². The summed E-state index contributed by atoms with van der Waals surface area (Å²) in [7, 11) is 0. The molecule has 0 atom stereocenters. The van der Waals surface area contributed by atoms with Crippen LogP contribution in [0.3, 0.4) is 0 Å². The van der Waals surface area contributed by atoms with Crippen LogP contribution < -0.4 is 5.32 Å². The van der Waals surface area contributed by atoms with E-state index in [1.165, 1.54) is 22.7 Å². The van der Waals surface area contributed by atoms with Gasteiger partial charge >= 0.3 is 0 Å². The number of aryl methyl sites for hydroxylation is 2.